The Morgan fingerprint density at radius 1 is 0.368 bits per heavy atom. The minimum absolute atomic E-state index is 0.307. The average molecular weight is 734 g/mol. The molecule has 0 amide bonds. The second-order valence-corrected chi connectivity index (χ2v) is 14.2. The number of para-hydroxylation sites is 3. The van der Waals surface area contributed by atoms with E-state index in [9.17, 15) is 0 Å². The quantitative estimate of drug-likeness (QED) is 0.171. The van der Waals surface area contributed by atoms with Crippen LogP contribution in [0.4, 0.5) is 4.39 Å². The molecule has 3 aromatic heterocycles. The fraction of sp³-hybridized carbons (Fsp3) is 0. The largest absolute Gasteiger partial charge is 0.309 e. The summed E-state index contributed by atoms with van der Waals surface area (Å²) in [6, 6.07) is 65.2. The second kappa shape index (κ2) is 13.3. The number of halogens is 1. The summed E-state index contributed by atoms with van der Waals surface area (Å²) in [6.07, 6.45) is 0. The van der Waals surface area contributed by atoms with Gasteiger partial charge in [-0.25, -0.2) is 19.3 Å². The number of fused-ring (bicyclic) bond motifs is 7. The highest BCUT2D eigenvalue weighted by molar-refractivity contribution is 6.26. The first-order valence-electron chi connectivity index (χ1n) is 19.0. The molecule has 268 valence electrons. The third kappa shape index (κ3) is 5.41. The van der Waals surface area contributed by atoms with Crippen LogP contribution in [0.1, 0.15) is 0 Å². The molecule has 0 spiro atoms. The molecule has 5 nitrogen and oxygen atoms in total. The van der Waals surface area contributed by atoms with Crippen LogP contribution in [0.5, 0.6) is 0 Å². The lowest BCUT2D eigenvalue weighted by Crippen LogP contribution is -2.02. The van der Waals surface area contributed by atoms with Crippen LogP contribution in [-0.2, 0) is 0 Å². The maximum Gasteiger partial charge on any atom is 0.164 e. The SMILES string of the molecule is Fc1cccc(-c2cc(-c3nc(-c4ccccc4)nc(-c4ccccc4)n3)ccc2-n2c3ccccc3c3c2ccc2c4ccccc4n(-c4ccccc4)c23)c1. The summed E-state index contributed by atoms with van der Waals surface area (Å²) in [7, 11) is 0. The summed E-state index contributed by atoms with van der Waals surface area (Å²) in [5, 5.41) is 4.66. The van der Waals surface area contributed by atoms with E-state index in [1.807, 2.05) is 66.7 Å². The molecule has 0 aliphatic rings. The van der Waals surface area contributed by atoms with Gasteiger partial charge in [-0.1, -0.05) is 133 Å². The van der Waals surface area contributed by atoms with Gasteiger partial charge >= 0.3 is 0 Å². The smallest absolute Gasteiger partial charge is 0.164 e. The van der Waals surface area contributed by atoms with Gasteiger partial charge in [-0.2, -0.15) is 0 Å². The standard InChI is InChI=1S/C51H32FN5/c52-37-20-14-19-35(31-37)42-32-36(51-54-49(33-15-4-1-5-16-33)53-50(55-51)34-17-6-2-7-18-34)27-29-45(42)57-44-26-13-11-24-41(44)47-46(57)30-28-40-39-23-10-12-25-43(39)56(48(40)47)38-21-8-3-9-22-38/h1-32H. The average Bonchev–Trinajstić information content (AvgIpc) is 3.80. The summed E-state index contributed by atoms with van der Waals surface area (Å²) in [5.74, 6) is 1.38. The predicted molar refractivity (Wildman–Crippen MR) is 230 cm³/mol. The van der Waals surface area contributed by atoms with E-state index >= 15 is 4.39 Å². The topological polar surface area (TPSA) is 48.5 Å². The molecule has 6 heteroatoms. The van der Waals surface area contributed by atoms with E-state index in [0.29, 0.717) is 17.5 Å². The first-order valence-corrected chi connectivity index (χ1v) is 19.0. The van der Waals surface area contributed by atoms with Crippen LogP contribution in [0.25, 0.3) is 100 Å². The van der Waals surface area contributed by atoms with Gasteiger partial charge in [0, 0.05) is 49.5 Å². The minimum Gasteiger partial charge on any atom is -0.309 e. The molecule has 0 radical (unpaired) electrons. The molecule has 0 aliphatic heterocycles. The van der Waals surface area contributed by atoms with E-state index in [-0.39, 0.29) is 5.82 Å². The first-order chi connectivity index (χ1) is 28.2. The van der Waals surface area contributed by atoms with Crippen molar-refractivity contribution in [3.8, 4) is 56.7 Å². The number of hydrogen-bond acceptors (Lipinski definition) is 3. The maximum atomic E-state index is 15.2. The molecular weight excluding hydrogens is 702 g/mol. The monoisotopic (exact) mass is 733 g/mol. The molecule has 0 unspecified atom stereocenters. The van der Waals surface area contributed by atoms with Crippen LogP contribution in [0, 0.1) is 5.82 Å². The van der Waals surface area contributed by atoms with Gasteiger partial charge in [0.1, 0.15) is 5.82 Å². The molecule has 0 bridgehead atoms. The van der Waals surface area contributed by atoms with Crippen LogP contribution >= 0.6 is 0 Å². The van der Waals surface area contributed by atoms with Gasteiger partial charge in [-0.05, 0) is 66.2 Å². The van der Waals surface area contributed by atoms with Crippen molar-refractivity contribution in [2.75, 3.05) is 0 Å². The molecule has 11 aromatic rings. The molecule has 0 atom stereocenters. The highest BCUT2D eigenvalue weighted by Gasteiger charge is 2.23. The molecular formula is C51H32FN5. The summed E-state index contributed by atoms with van der Waals surface area (Å²) in [5.41, 5.74) is 10.6. The van der Waals surface area contributed by atoms with Crippen LogP contribution in [0.2, 0.25) is 0 Å². The summed E-state index contributed by atoms with van der Waals surface area (Å²) >= 11 is 0. The van der Waals surface area contributed by atoms with Crippen molar-refractivity contribution in [1.82, 2.24) is 24.1 Å². The van der Waals surface area contributed by atoms with Crippen molar-refractivity contribution in [3.63, 3.8) is 0 Å². The van der Waals surface area contributed by atoms with E-state index < -0.39 is 0 Å². The number of nitrogens with zero attached hydrogens (tertiary/aromatic N) is 5. The zero-order valence-electron chi connectivity index (χ0n) is 30.6. The molecule has 8 aromatic carbocycles. The fourth-order valence-corrected chi connectivity index (χ4v) is 8.31. The van der Waals surface area contributed by atoms with Gasteiger partial charge in [0.05, 0.1) is 27.8 Å². The van der Waals surface area contributed by atoms with E-state index in [0.717, 1.165) is 72.0 Å². The predicted octanol–water partition coefficient (Wildman–Crippen LogP) is 12.9. The molecule has 11 rings (SSSR count). The van der Waals surface area contributed by atoms with Gasteiger partial charge < -0.3 is 9.13 Å². The molecule has 0 aliphatic carbocycles. The lowest BCUT2D eigenvalue weighted by atomic mass is 9.99. The van der Waals surface area contributed by atoms with Crippen LogP contribution in [0.3, 0.4) is 0 Å². The Balaban J connectivity index is 1.21. The van der Waals surface area contributed by atoms with Gasteiger partial charge in [0.25, 0.3) is 0 Å². The van der Waals surface area contributed by atoms with E-state index in [4.69, 9.17) is 15.0 Å². The van der Waals surface area contributed by atoms with Crippen LogP contribution in [0.15, 0.2) is 194 Å². The van der Waals surface area contributed by atoms with Crippen LogP contribution in [-0.4, -0.2) is 24.1 Å². The lowest BCUT2D eigenvalue weighted by molar-refractivity contribution is 0.628. The lowest BCUT2D eigenvalue weighted by Gasteiger charge is -2.16. The summed E-state index contributed by atoms with van der Waals surface area (Å²) in [6.45, 7) is 0. The molecule has 0 N–H and O–H groups in total. The van der Waals surface area contributed by atoms with Crippen molar-refractivity contribution in [3.05, 3.63) is 200 Å². The third-order valence-corrected chi connectivity index (χ3v) is 10.8. The third-order valence-electron chi connectivity index (χ3n) is 10.8. The minimum atomic E-state index is -0.307. The number of benzene rings is 8. The van der Waals surface area contributed by atoms with Crippen molar-refractivity contribution in [2.24, 2.45) is 0 Å². The second-order valence-electron chi connectivity index (χ2n) is 14.2. The van der Waals surface area contributed by atoms with Crippen molar-refractivity contribution in [2.45, 2.75) is 0 Å². The Morgan fingerprint density at radius 2 is 0.930 bits per heavy atom. The van der Waals surface area contributed by atoms with Gasteiger partial charge in [0.2, 0.25) is 0 Å². The zero-order valence-corrected chi connectivity index (χ0v) is 30.6. The zero-order chi connectivity index (χ0) is 37.9. The Hall–Kier alpha value is -7.70. The Morgan fingerprint density at radius 3 is 1.60 bits per heavy atom. The van der Waals surface area contributed by atoms with Crippen molar-refractivity contribution >= 4 is 43.6 Å². The number of hydrogen-bond donors (Lipinski definition) is 0. The Bertz CT molecular complexity index is 3240. The summed E-state index contributed by atoms with van der Waals surface area (Å²) in [4.78, 5) is 15.0. The fourth-order valence-electron chi connectivity index (χ4n) is 8.31. The molecule has 0 saturated carbocycles. The first kappa shape index (κ1) is 32.7. The van der Waals surface area contributed by atoms with E-state index in [1.165, 1.54) is 16.8 Å². The number of rotatable bonds is 6. The molecule has 57 heavy (non-hydrogen) atoms. The summed E-state index contributed by atoms with van der Waals surface area (Å²) < 4.78 is 19.9. The Kier molecular flexibility index (Phi) is 7.60. The van der Waals surface area contributed by atoms with E-state index in [2.05, 4.69) is 118 Å². The Labute approximate surface area is 327 Å². The van der Waals surface area contributed by atoms with Crippen LogP contribution < -0.4 is 0 Å². The van der Waals surface area contributed by atoms with Gasteiger partial charge in [-0.3, -0.25) is 0 Å². The van der Waals surface area contributed by atoms with Gasteiger partial charge in [-0.15, -0.1) is 0 Å². The highest BCUT2D eigenvalue weighted by atomic mass is 19.1. The molecule has 3 heterocycles. The maximum absolute atomic E-state index is 15.2. The highest BCUT2D eigenvalue weighted by Crippen LogP contribution is 2.44. The van der Waals surface area contributed by atoms with E-state index in [1.54, 1.807) is 12.1 Å². The normalized spacial score (nSPS) is 11.6. The van der Waals surface area contributed by atoms with Crippen molar-refractivity contribution < 1.29 is 4.39 Å². The van der Waals surface area contributed by atoms with Crippen molar-refractivity contribution in [1.29, 1.82) is 0 Å². The molecule has 0 saturated heterocycles. The number of aromatic nitrogens is 5. The molecule has 0 fully saturated rings. The van der Waals surface area contributed by atoms with Gasteiger partial charge in [0.15, 0.2) is 17.5 Å².